The molecule has 0 amide bonds. The Morgan fingerprint density at radius 1 is 1.60 bits per heavy atom. The molecule has 82 valence electrons. The number of ether oxygens (including phenoxy) is 1. The van der Waals surface area contributed by atoms with E-state index in [0.717, 1.165) is 0 Å². The third-order valence-corrected chi connectivity index (χ3v) is 1.53. The van der Waals surface area contributed by atoms with Gasteiger partial charge in [0.05, 0.1) is 18.5 Å². The van der Waals surface area contributed by atoms with E-state index >= 15 is 0 Å². The van der Waals surface area contributed by atoms with Gasteiger partial charge >= 0.3 is 0 Å². The lowest BCUT2D eigenvalue weighted by molar-refractivity contribution is 0.212. The van der Waals surface area contributed by atoms with Crippen molar-refractivity contribution < 1.29 is 19.1 Å². The van der Waals surface area contributed by atoms with Crippen LogP contribution in [0.1, 0.15) is 5.69 Å². The fourth-order valence-electron chi connectivity index (χ4n) is 0.887. The second kappa shape index (κ2) is 5.92. The molecule has 0 bridgehead atoms. The minimum absolute atomic E-state index is 0.00903. The molecule has 6 heteroatoms. The van der Waals surface area contributed by atoms with E-state index in [1.54, 1.807) is 0 Å². The Kier molecular flexibility index (Phi) is 4.49. The van der Waals surface area contributed by atoms with Crippen LogP contribution in [0.15, 0.2) is 17.3 Å². The quantitative estimate of drug-likeness (QED) is 0.445. The van der Waals surface area contributed by atoms with Crippen LogP contribution in [0.5, 0.6) is 5.75 Å². The Morgan fingerprint density at radius 2 is 2.40 bits per heavy atom. The Hall–Kier alpha value is -1.69. The van der Waals surface area contributed by atoms with Crippen molar-refractivity contribution in [3.63, 3.8) is 0 Å². The molecular formula is C9H11FN2O3. The third-order valence-electron chi connectivity index (χ3n) is 1.53. The Bertz CT molecular complexity index is 344. The van der Waals surface area contributed by atoms with Gasteiger partial charge in [0.15, 0.2) is 5.75 Å². The lowest BCUT2D eigenvalue weighted by Crippen LogP contribution is -2.03. The lowest BCUT2D eigenvalue weighted by atomic mass is 10.3. The molecule has 1 heterocycles. The van der Waals surface area contributed by atoms with Gasteiger partial charge in [-0.1, -0.05) is 5.16 Å². The second-order valence-electron chi connectivity index (χ2n) is 2.53. The summed E-state index contributed by atoms with van der Waals surface area (Å²) in [6.45, 7) is -0.215. The van der Waals surface area contributed by atoms with Gasteiger partial charge in [0, 0.05) is 0 Å². The maximum absolute atomic E-state index is 13.1. The zero-order valence-corrected chi connectivity index (χ0v) is 8.18. The predicted molar refractivity (Wildman–Crippen MR) is 51.1 cm³/mol. The first-order valence-electron chi connectivity index (χ1n) is 4.22. The molecule has 0 spiro atoms. The fourth-order valence-corrected chi connectivity index (χ4v) is 0.887. The van der Waals surface area contributed by atoms with Crippen molar-refractivity contribution in [2.24, 2.45) is 5.16 Å². The van der Waals surface area contributed by atoms with E-state index < -0.39 is 5.95 Å². The number of oxime groups is 1. The highest BCUT2D eigenvalue weighted by Gasteiger charge is 2.05. The van der Waals surface area contributed by atoms with Gasteiger partial charge < -0.3 is 14.7 Å². The molecule has 0 saturated carbocycles. The average Bonchev–Trinajstić information content (AvgIpc) is 2.26. The first kappa shape index (κ1) is 11.4. The van der Waals surface area contributed by atoms with Gasteiger partial charge in [-0.25, -0.2) is 4.98 Å². The maximum atomic E-state index is 13.1. The van der Waals surface area contributed by atoms with Gasteiger partial charge in [-0.2, -0.15) is 4.39 Å². The van der Waals surface area contributed by atoms with Crippen LogP contribution in [0.4, 0.5) is 4.39 Å². The molecule has 0 radical (unpaired) electrons. The standard InChI is InChI=1S/C9H11FN2O3/c1-14-11-4-5-15-8-3-2-7(6-13)12-9(8)10/h2-4,13H,5-6H2,1H3. The third kappa shape index (κ3) is 3.51. The van der Waals surface area contributed by atoms with Crippen LogP contribution in [0, 0.1) is 5.95 Å². The molecule has 0 aromatic carbocycles. The van der Waals surface area contributed by atoms with E-state index in [0.29, 0.717) is 0 Å². The maximum Gasteiger partial charge on any atom is 0.255 e. The van der Waals surface area contributed by atoms with Crippen molar-refractivity contribution in [3.8, 4) is 5.75 Å². The summed E-state index contributed by atoms with van der Waals surface area (Å²) in [6.07, 6.45) is 1.35. The smallest absolute Gasteiger partial charge is 0.255 e. The molecule has 1 rings (SSSR count). The number of hydrogen-bond donors (Lipinski definition) is 1. The van der Waals surface area contributed by atoms with Gasteiger partial charge in [-0.15, -0.1) is 0 Å². The van der Waals surface area contributed by atoms with Crippen LogP contribution < -0.4 is 4.74 Å². The first-order valence-corrected chi connectivity index (χ1v) is 4.22. The van der Waals surface area contributed by atoms with E-state index in [-0.39, 0.29) is 24.7 Å². The van der Waals surface area contributed by atoms with Crippen LogP contribution in [-0.4, -0.2) is 30.0 Å². The summed E-state index contributed by atoms with van der Waals surface area (Å²) in [5, 5.41) is 12.1. The Morgan fingerprint density at radius 3 is 3.00 bits per heavy atom. The highest BCUT2D eigenvalue weighted by molar-refractivity contribution is 5.58. The van der Waals surface area contributed by atoms with Crippen LogP contribution >= 0.6 is 0 Å². The monoisotopic (exact) mass is 214 g/mol. The molecule has 0 atom stereocenters. The van der Waals surface area contributed by atoms with Crippen molar-refractivity contribution in [2.45, 2.75) is 6.61 Å². The number of pyridine rings is 1. The van der Waals surface area contributed by atoms with Crippen molar-refractivity contribution in [2.75, 3.05) is 13.7 Å². The van der Waals surface area contributed by atoms with Crippen LogP contribution in [0.2, 0.25) is 0 Å². The van der Waals surface area contributed by atoms with Crippen LogP contribution in [0.25, 0.3) is 0 Å². The fraction of sp³-hybridized carbons (Fsp3) is 0.333. The molecule has 0 saturated heterocycles. The predicted octanol–water partition coefficient (Wildman–Crippen LogP) is 0.724. The number of aliphatic hydroxyl groups excluding tert-OH is 1. The topological polar surface area (TPSA) is 63.9 Å². The van der Waals surface area contributed by atoms with E-state index in [4.69, 9.17) is 9.84 Å². The summed E-state index contributed by atoms with van der Waals surface area (Å²) >= 11 is 0. The molecule has 1 aromatic rings. The van der Waals surface area contributed by atoms with Crippen molar-refractivity contribution in [1.29, 1.82) is 0 Å². The molecular weight excluding hydrogens is 203 g/mol. The number of rotatable bonds is 5. The largest absolute Gasteiger partial charge is 0.483 e. The molecule has 15 heavy (non-hydrogen) atoms. The summed E-state index contributed by atoms with van der Waals surface area (Å²) in [6, 6.07) is 2.88. The molecule has 1 N–H and O–H groups in total. The zero-order chi connectivity index (χ0) is 11.1. The SMILES string of the molecule is CON=CCOc1ccc(CO)nc1F. The highest BCUT2D eigenvalue weighted by atomic mass is 19.1. The highest BCUT2D eigenvalue weighted by Crippen LogP contribution is 2.14. The normalized spacial score (nSPS) is 10.6. The molecule has 1 aromatic heterocycles. The summed E-state index contributed by atoms with van der Waals surface area (Å²) < 4.78 is 18.1. The number of nitrogens with zero attached hydrogens (tertiary/aromatic N) is 2. The van der Waals surface area contributed by atoms with E-state index in [9.17, 15) is 4.39 Å². The molecule has 0 fully saturated rings. The van der Waals surface area contributed by atoms with Gasteiger partial charge in [-0.3, -0.25) is 0 Å². The zero-order valence-electron chi connectivity index (χ0n) is 8.18. The first-order chi connectivity index (χ1) is 7.27. The van der Waals surface area contributed by atoms with Crippen molar-refractivity contribution in [1.82, 2.24) is 4.98 Å². The van der Waals surface area contributed by atoms with Crippen molar-refractivity contribution in [3.05, 3.63) is 23.8 Å². The second-order valence-corrected chi connectivity index (χ2v) is 2.53. The van der Waals surface area contributed by atoms with E-state index in [1.807, 2.05) is 0 Å². The number of hydrogen-bond acceptors (Lipinski definition) is 5. The molecule has 0 aliphatic rings. The molecule has 0 aliphatic carbocycles. The lowest BCUT2D eigenvalue weighted by Gasteiger charge is -2.04. The van der Waals surface area contributed by atoms with E-state index in [2.05, 4.69) is 15.0 Å². The van der Waals surface area contributed by atoms with Gasteiger partial charge in [-0.05, 0) is 12.1 Å². The average molecular weight is 214 g/mol. The van der Waals surface area contributed by atoms with E-state index in [1.165, 1.54) is 25.5 Å². The number of halogens is 1. The minimum Gasteiger partial charge on any atom is -0.483 e. The van der Waals surface area contributed by atoms with Crippen LogP contribution in [0.3, 0.4) is 0 Å². The van der Waals surface area contributed by atoms with Crippen molar-refractivity contribution >= 4 is 6.21 Å². The minimum atomic E-state index is -0.757. The van der Waals surface area contributed by atoms with Crippen LogP contribution in [-0.2, 0) is 11.4 Å². The number of aromatic nitrogens is 1. The molecule has 0 aliphatic heterocycles. The summed E-state index contributed by atoms with van der Waals surface area (Å²) in [4.78, 5) is 7.87. The Balaban J connectivity index is 2.58. The molecule has 5 nitrogen and oxygen atoms in total. The van der Waals surface area contributed by atoms with Gasteiger partial charge in [0.1, 0.15) is 13.7 Å². The molecule has 0 unspecified atom stereocenters. The van der Waals surface area contributed by atoms with Gasteiger partial charge in [0.2, 0.25) is 0 Å². The number of aliphatic hydroxyl groups is 1. The van der Waals surface area contributed by atoms with Gasteiger partial charge in [0.25, 0.3) is 5.95 Å². The summed E-state index contributed by atoms with van der Waals surface area (Å²) in [5.41, 5.74) is 0.255. The summed E-state index contributed by atoms with van der Waals surface area (Å²) in [5.74, 6) is -0.748. The Labute approximate surface area is 86.1 Å². The summed E-state index contributed by atoms with van der Waals surface area (Å²) in [7, 11) is 1.40.